The molecule has 0 aliphatic carbocycles. The van der Waals surface area contributed by atoms with E-state index < -0.39 is 30.4 Å². The zero-order valence-electron chi connectivity index (χ0n) is 20.4. The molecule has 1 amide bonds. The third kappa shape index (κ3) is 6.01. The second-order valence-electron chi connectivity index (χ2n) is 8.94. The predicted octanol–water partition coefficient (Wildman–Crippen LogP) is 6.45. The van der Waals surface area contributed by atoms with Crippen molar-refractivity contribution in [2.75, 3.05) is 19.7 Å². The maximum Gasteiger partial charge on any atom is 0.416 e. The van der Waals surface area contributed by atoms with Crippen LogP contribution in [-0.4, -0.2) is 41.5 Å². The standard InChI is InChI=1S/C28H22ClF3N2O5/c29-19-10-11-22(20(15-19)26-33-21-8-1-2-9-23(21)39-26)38-25(17-6-5-7-18(14-17)28(30,31)32)27(36)37-16-24(35)34-12-3-4-13-34/h1-2,5-11,14-15,25H,3-4,12-13,16H2. The van der Waals surface area contributed by atoms with Gasteiger partial charge in [-0.15, -0.1) is 0 Å². The third-order valence-electron chi connectivity index (χ3n) is 6.24. The lowest BCUT2D eigenvalue weighted by atomic mass is 10.1. The van der Waals surface area contributed by atoms with Gasteiger partial charge in [0.2, 0.25) is 12.0 Å². The van der Waals surface area contributed by atoms with Crippen LogP contribution in [0.25, 0.3) is 22.6 Å². The Balaban J connectivity index is 1.49. The maximum absolute atomic E-state index is 13.5. The minimum Gasteiger partial charge on any atom is -0.473 e. The molecule has 1 atom stereocenters. The predicted molar refractivity (Wildman–Crippen MR) is 136 cm³/mol. The Labute approximate surface area is 226 Å². The fourth-order valence-electron chi connectivity index (χ4n) is 4.28. The molecule has 0 N–H and O–H groups in total. The molecule has 1 fully saturated rings. The van der Waals surface area contributed by atoms with Gasteiger partial charge in [-0.25, -0.2) is 9.78 Å². The lowest BCUT2D eigenvalue weighted by molar-refractivity contribution is -0.158. The molecular weight excluding hydrogens is 537 g/mol. The molecule has 1 saturated heterocycles. The fourth-order valence-corrected chi connectivity index (χ4v) is 4.46. The summed E-state index contributed by atoms with van der Waals surface area (Å²) in [6.45, 7) is 0.557. The van der Waals surface area contributed by atoms with Crippen molar-refractivity contribution in [2.45, 2.75) is 25.1 Å². The molecule has 1 aliphatic rings. The first-order valence-corrected chi connectivity index (χ1v) is 12.5. The summed E-state index contributed by atoms with van der Waals surface area (Å²) in [5.74, 6) is -1.21. The Morgan fingerprint density at radius 3 is 2.54 bits per heavy atom. The number of hydrogen-bond acceptors (Lipinski definition) is 6. The Morgan fingerprint density at radius 1 is 1.03 bits per heavy atom. The van der Waals surface area contributed by atoms with Crippen molar-refractivity contribution in [2.24, 2.45) is 0 Å². The molecule has 11 heteroatoms. The van der Waals surface area contributed by atoms with Gasteiger partial charge >= 0.3 is 12.1 Å². The SMILES string of the molecule is O=C(OCC(=O)N1CCCC1)C(Oc1ccc(Cl)cc1-c1nc2ccccc2o1)c1cccc(C(F)(F)F)c1. The van der Waals surface area contributed by atoms with Gasteiger partial charge in [0.15, 0.2) is 12.2 Å². The summed E-state index contributed by atoms with van der Waals surface area (Å²) in [5, 5.41) is 0.314. The minimum absolute atomic E-state index is 0.0659. The normalized spacial score (nSPS) is 14.4. The molecule has 4 aromatic rings. The summed E-state index contributed by atoms with van der Waals surface area (Å²) < 4.78 is 57.5. The topological polar surface area (TPSA) is 81.9 Å². The molecule has 2 heterocycles. The van der Waals surface area contributed by atoms with Crippen molar-refractivity contribution in [3.8, 4) is 17.2 Å². The van der Waals surface area contributed by atoms with E-state index in [1.807, 2.05) is 0 Å². The molecule has 5 rings (SSSR count). The molecule has 0 radical (unpaired) electrons. The maximum atomic E-state index is 13.5. The summed E-state index contributed by atoms with van der Waals surface area (Å²) in [5.41, 5.74) is 0.253. The second kappa shape index (κ2) is 11.0. The lowest BCUT2D eigenvalue weighted by Crippen LogP contribution is -2.33. The highest BCUT2D eigenvalue weighted by molar-refractivity contribution is 6.30. The van der Waals surface area contributed by atoms with Gasteiger partial charge < -0.3 is 18.8 Å². The number of fused-ring (bicyclic) bond motifs is 1. The number of alkyl halides is 3. The van der Waals surface area contributed by atoms with Gasteiger partial charge in [-0.1, -0.05) is 35.9 Å². The largest absolute Gasteiger partial charge is 0.473 e. The minimum atomic E-state index is -4.65. The van der Waals surface area contributed by atoms with Gasteiger partial charge in [-0.05, 0) is 55.3 Å². The molecule has 202 valence electrons. The highest BCUT2D eigenvalue weighted by Gasteiger charge is 2.34. The number of oxazole rings is 1. The van der Waals surface area contributed by atoms with Crippen LogP contribution in [0.3, 0.4) is 0 Å². The molecule has 0 saturated carbocycles. The van der Waals surface area contributed by atoms with Gasteiger partial charge in [0, 0.05) is 23.7 Å². The molecule has 1 aromatic heterocycles. The number of hydrogen-bond donors (Lipinski definition) is 0. The van der Waals surface area contributed by atoms with Crippen molar-refractivity contribution < 1.29 is 36.7 Å². The number of carbonyl (C=O) groups is 2. The van der Waals surface area contributed by atoms with Crippen molar-refractivity contribution in [3.05, 3.63) is 82.9 Å². The number of esters is 1. The van der Waals surface area contributed by atoms with Crippen LogP contribution in [0.15, 0.2) is 71.1 Å². The monoisotopic (exact) mass is 558 g/mol. The average Bonchev–Trinajstić information content (AvgIpc) is 3.61. The van der Waals surface area contributed by atoms with E-state index in [-0.39, 0.29) is 28.7 Å². The average molecular weight is 559 g/mol. The number of halogens is 4. The number of benzene rings is 3. The summed E-state index contributed by atoms with van der Waals surface area (Å²) in [4.78, 5) is 31.7. The van der Waals surface area contributed by atoms with E-state index in [4.69, 9.17) is 25.5 Å². The molecule has 1 unspecified atom stereocenters. The zero-order chi connectivity index (χ0) is 27.6. The number of ether oxygens (including phenoxy) is 2. The van der Waals surface area contributed by atoms with Gasteiger partial charge in [0.1, 0.15) is 11.3 Å². The van der Waals surface area contributed by atoms with Crippen molar-refractivity contribution in [3.63, 3.8) is 0 Å². The van der Waals surface area contributed by atoms with E-state index in [0.29, 0.717) is 29.2 Å². The zero-order valence-corrected chi connectivity index (χ0v) is 21.2. The Morgan fingerprint density at radius 2 is 1.79 bits per heavy atom. The highest BCUT2D eigenvalue weighted by Crippen LogP contribution is 2.38. The summed E-state index contributed by atoms with van der Waals surface area (Å²) in [6, 6.07) is 15.7. The fraction of sp³-hybridized carbons (Fsp3) is 0.250. The van der Waals surface area contributed by atoms with E-state index in [1.165, 1.54) is 30.3 Å². The van der Waals surface area contributed by atoms with E-state index in [2.05, 4.69) is 4.98 Å². The van der Waals surface area contributed by atoms with Crippen LogP contribution in [0, 0.1) is 0 Å². The van der Waals surface area contributed by atoms with Crippen LogP contribution in [0.1, 0.15) is 30.1 Å². The Bertz CT molecular complexity index is 1480. The number of rotatable bonds is 7. The van der Waals surface area contributed by atoms with Crippen LogP contribution in [0.4, 0.5) is 13.2 Å². The van der Waals surface area contributed by atoms with Gasteiger partial charge in [-0.2, -0.15) is 13.2 Å². The van der Waals surface area contributed by atoms with E-state index in [1.54, 1.807) is 29.2 Å². The van der Waals surface area contributed by atoms with Gasteiger partial charge in [0.25, 0.3) is 5.91 Å². The van der Waals surface area contributed by atoms with Crippen LogP contribution < -0.4 is 4.74 Å². The quantitative estimate of drug-likeness (QED) is 0.242. The number of amides is 1. The molecule has 39 heavy (non-hydrogen) atoms. The number of aromatic nitrogens is 1. The number of nitrogens with zero attached hydrogens (tertiary/aromatic N) is 2. The molecular formula is C28H22ClF3N2O5. The van der Waals surface area contributed by atoms with Gasteiger partial charge in [-0.3, -0.25) is 4.79 Å². The first-order chi connectivity index (χ1) is 18.7. The Kier molecular flexibility index (Phi) is 7.47. The van der Waals surface area contributed by atoms with Crippen molar-refractivity contribution in [1.82, 2.24) is 9.88 Å². The van der Waals surface area contributed by atoms with Crippen LogP contribution in [-0.2, 0) is 20.5 Å². The molecule has 0 bridgehead atoms. The van der Waals surface area contributed by atoms with E-state index >= 15 is 0 Å². The van der Waals surface area contributed by atoms with Crippen molar-refractivity contribution >= 4 is 34.6 Å². The number of para-hydroxylation sites is 2. The number of likely N-dealkylation sites (tertiary alicyclic amines) is 1. The van der Waals surface area contributed by atoms with Crippen LogP contribution in [0.5, 0.6) is 5.75 Å². The Hall–Kier alpha value is -4.05. The van der Waals surface area contributed by atoms with Gasteiger partial charge in [0.05, 0.1) is 11.1 Å². The van der Waals surface area contributed by atoms with Crippen LogP contribution in [0.2, 0.25) is 5.02 Å². The smallest absolute Gasteiger partial charge is 0.416 e. The molecule has 0 spiro atoms. The van der Waals surface area contributed by atoms with Crippen LogP contribution >= 0.6 is 11.6 Å². The first-order valence-electron chi connectivity index (χ1n) is 12.1. The lowest BCUT2D eigenvalue weighted by Gasteiger charge is -2.21. The molecule has 7 nitrogen and oxygen atoms in total. The first kappa shape index (κ1) is 26.6. The number of carbonyl (C=O) groups excluding carboxylic acids is 2. The van der Waals surface area contributed by atoms with E-state index in [9.17, 15) is 22.8 Å². The summed E-state index contributed by atoms with van der Waals surface area (Å²) in [7, 11) is 0. The molecule has 1 aliphatic heterocycles. The van der Waals surface area contributed by atoms with Crippen molar-refractivity contribution in [1.29, 1.82) is 0 Å². The highest BCUT2D eigenvalue weighted by atomic mass is 35.5. The third-order valence-corrected chi connectivity index (χ3v) is 6.47. The summed E-state index contributed by atoms with van der Waals surface area (Å²) in [6.07, 6.45) is -4.59. The summed E-state index contributed by atoms with van der Waals surface area (Å²) >= 11 is 6.22. The molecule has 3 aromatic carbocycles. The van der Waals surface area contributed by atoms with E-state index in [0.717, 1.165) is 25.0 Å². The second-order valence-corrected chi connectivity index (χ2v) is 9.38.